The van der Waals surface area contributed by atoms with E-state index in [2.05, 4.69) is 34.6 Å². The molecule has 6 N–H and O–H groups in total. The quantitative estimate of drug-likeness (QED) is 0.159. The summed E-state index contributed by atoms with van der Waals surface area (Å²) in [5.41, 5.74) is 12.6. The molecule has 0 aliphatic heterocycles. The summed E-state index contributed by atoms with van der Waals surface area (Å²) in [6.45, 7) is 7.51. The molecule has 43 heavy (non-hydrogen) atoms. The third-order valence-corrected chi connectivity index (χ3v) is 5.30. The topological polar surface area (TPSA) is 159 Å². The van der Waals surface area contributed by atoms with Crippen LogP contribution < -0.4 is 11.5 Å². The molecule has 0 saturated heterocycles. The molecule has 0 fully saturated rings. The Balaban J connectivity index is 0.000000720. The molecule has 11 heteroatoms. The van der Waals surface area contributed by atoms with Gasteiger partial charge in [0.1, 0.15) is 11.4 Å². The number of nitrogens with zero attached hydrogens (tertiary/aromatic N) is 4. The lowest BCUT2D eigenvalue weighted by Crippen LogP contribution is -2.27. The van der Waals surface area contributed by atoms with Gasteiger partial charge in [0.25, 0.3) is 11.8 Å². The van der Waals surface area contributed by atoms with Crippen LogP contribution in [0.3, 0.4) is 0 Å². The summed E-state index contributed by atoms with van der Waals surface area (Å²) in [6.07, 6.45) is 6.27. The van der Waals surface area contributed by atoms with Crippen LogP contribution in [0.1, 0.15) is 43.2 Å². The first-order valence-corrected chi connectivity index (χ1v) is 12.8. The highest BCUT2D eigenvalue weighted by Gasteiger charge is 2.16. The highest BCUT2D eigenvalue weighted by atomic mass is 35.5. The van der Waals surface area contributed by atoms with Crippen LogP contribution in [0.2, 0.25) is 0 Å². The highest BCUT2D eigenvalue weighted by Crippen LogP contribution is 2.10. The molecule has 2 heterocycles. The van der Waals surface area contributed by atoms with E-state index in [1.807, 2.05) is 60.7 Å². The SMILES string of the molecule is C=Cc1ccnc(C(=O)N(O)Cc2ccccc2)c1.C=Cc1ccnc(C(=O)N(O)Cc2ccccc2)c1.CN.CN.Cl. The molecule has 4 aromatic rings. The van der Waals surface area contributed by atoms with Crippen LogP contribution in [-0.2, 0) is 13.1 Å². The number of pyridine rings is 2. The summed E-state index contributed by atoms with van der Waals surface area (Å²) < 4.78 is 0. The number of carbonyl (C=O) groups excluding carboxylic acids is 2. The Kier molecular flexibility index (Phi) is 19.6. The highest BCUT2D eigenvalue weighted by molar-refractivity contribution is 5.92. The first-order chi connectivity index (χ1) is 20.4. The van der Waals surface area contributed by atoms with Gasteiger partial charge in [-0.25, -0.2) is 10.1 Å². The van der Waals surface area contributed by atoms with Crippen LogP contribution in [0.4, 0.5) is 0 Å². The van der Waals surface area contributed by atoms with Crippen LogP contribution in [-0.4, -0.2) is 56.4 Å². The fourth-order valence-corrected chi connectivity index (χ4v) is 3.30. The number of hydroxylamine groups is 4. The van der Waals surface area contributed by atoms with Gasteiger partial charge >= 0.3 is 0 Å². The number of benzene rings is 2. The van der Waals surface area contributed by atoms with Crippen molar-refractivity contribution in [3.8, 4) is 0 Å². The minimum Gasteiger partial charge on any atom is -0.333 e. The number of rotatable bonds is 8. The smallest absolute Gasteiger partial charge is 0.296 e. The van der Waals surface area contributed by atoms with E-state index in [-0.39, 0.29) is 36.9 Å². The van der Waals surface area contributed by atoms with E-state index in [0.717, 1.165) is 22.3 Å². The fourth-order valence-electron chi connectivity index (χ4n) is 3.30. The molecule has 0 unspecified atom stereocenters. The van der Waals surface area contributed by atoms with Gasteiger partial charge < -0.3 is 11.5 Å². The third kappa shape index (κ3) is 13.2. The summed E-state index contributed by atoms with van der Waals surface area (Å²) in [5.74, 6) is -1.07. The third-order valence-electron chi connectivity index (χ3n) is 5.30. The summed E-state index contributed by atoms with van der Waals surface area (Å²) >= 11 is 0. The maximum Gasteiger partial charge on any atom is 0.296 e. The van der Waals surface area contributed by atoms with Crippen molar-refractivity contribution in [3.05, 3.63) is 144 Å². The van der Waals surface area contributed by atoms with Gasteiger partial charge in [-0.15, -0.1) is 12.4 Å². The second-order valence-electron chi connectivity index (χ2n) is 8.05. The second kappa shape index (κ2) is 22.0. The van der Waals surface area contributed by atoms with Crippen molar-refractivity contribution in [1.29, 1.82) is 0 Å². The number of carbonyl (C=O) groups is 2. The van der Waals surface area contributed by atoms with Gasteiger partial charge in [-0.1, -0.05) is 86.0 Å². The van der Waals surface area contributed by atoms with E-state index in [0.29, 0.717) is 10.1 Å². The van der Waals surface area contributed by atoms with Gasteiger partial charge in [0, 0.05) is 12.4 Å². The number of aromatic nitrogens is 2. The summed E-state index contributed by atoms with van der Waals surface area (Å²) in [5, 5.41) is 20.9. The Morgan fingerprint density at radius 3 is 1.30 bits per heavy atom. The van der Waals surface area contributed by atoms with Crippen LogP contribution in [0, 0.1) is 0 Å². The molecule has 0 spiro atoms. The molecule has 0 radical (unpaired) electrons. The average molecular weight is 607 g/mol. The number of hydrogen-bond donors (Lipinski definition) is 4. The predicted molar refractivity (Wildman–Crippen MR) is 172 cm³/mol. The van der Waals surface area contributed by atoms with E-state index in [1.165, 1.54) is 26.5 Å². The normalized spacial score (nSPS) is 9.07. The number of nitrogens with two attached hydrogens (primary N) is 2. The van der Waals surface area contributed by atoms with Crippen LogP contribution in [0.5, 0.6) is 0 Å². The lowest BCUT2D eigenvalue weighted by atomic mass is 10.2. The first kappa shape index (κ1) is 38.3. The first-order valence-electron chi connectivity index (χ1n) is 12.8. The monoisotopic (exact) mass is 606 g/mol. The molecule has 2 amide bonds. The molecular weight excluding hydrogens is 568 g/mol. The van der Waals surface area contributed by atoms with Crippen molar-refractivity contribution in [2.45, 2.75) is 13.1 Å². The molecule has 0 saturated carbocycles. The maximum absolute atomic E-state index is 12.0. The molecule has 228 valence electrons. The zero-order valence-corrected chi connectivity index (χ0v) is 25.1. The molecule has 0 aliphatic carbocycles. The molecule has 0 bridgehead atoms. The Morgan fingerprint density at radius 2 is 1.00 bits per heavy atom. The number of halogens is 1. The van der Waals surface area contributed by atoms with Gasteiger partial charge in [-0.05, 0) is 60.6 Å². The molecule has 2 aromatic carbocycles. The minimum absolute atomic E-state index is 0. The minimum atomic E-state index is -0.535. The maximum atomic E-state index is 12.0. The van der Waals surface area contributed by atoms with Crippen molar-refractivity contribution in [2.75, 3.05) is 14.1 Å². The van der Waals surface area contributed by atoms with Gasteiger partial charge in [0.15, 0.2) is 0 Å². The Hall–Kier alpha value is -4.71. The lowest BCUT2D eigenvalue weighted by molar-refractivity contribution is -0.0652. The largest absolute Gasteiger partial charge is 0.333 e. The number of amides is 2. The van der Waals surface area contributed by atoms with Crippen molar-refractivity contribution >= 4 is 36.4 Å². The molecule has 4 rings (SSSR count). The second-order valence-corrected chi connectivity index (χ2v) is 8.05. The zero-order chi connectivity index (χ0) is 31.3. The van der Waals surface area contributed by atoms with Crippen molar-refractivity contribution in [1.82, 2.24) is 20.1 Å². The van der Waals surface area contributed by atoms with Gasteiger partial charge in [-0.2, -0.15) is 0 Å². The lowest BCUT2D eigenvalue weighted by Gasteiger charge is -2.14. The summed E-state index contributed by atoms with van der Waals surface area (Å²) in [6, 6.07) is 25.2. The molecule has 2 aromatic heterocycles. The fraction of sp³-hybridized carbons (Fsp3) is 0.125. The van der Waals surface area contributed by atoms with Gasteiger partial charge in [-0.3, -0.25) is 30.0 Å². The van der Waals surface area contributed by atoms with Crippen molar-refractivity contribution < 1.29 is 20.0 Å². The Labute approximate surface area is 259 Å². The Bertz CT molecular complexity index is 1280. The van der Waals surface area contributed by atoms with E-state index >= 15 is 0 Å². The van der Waals surface area contributed by atoms with Crippen LogP contribution >= 0.6 is 12.4 Å². The summed E-state index contributed by atoms with van der Waals surface area (Å²) in [4.78, 5) is 31.9. The predicted octanol–water partition coefficient (Wildman–Crippen LogP) is 5.08. The van der Waals surface area contributed by atoms with E-state index in [1.54, 1.807) is 36.4 Å². The molecule has 0 atom stereocenters. The standard InChI is InChI=1S/2C15H14N2O2.2CH5N.ClH/c2*1-2-12-8-9-16-14(10-12)15(18)17(19)11-13-6-4-3-5-7-13;2*1-2;/h2*2-10,19H,1,11H2;2*2H2,1H3;1H. The summed E-state index contributed by atoms with van der Waals surface area (Å²) in [7, 11) is 3.00. The van der Waals surface area contributed by atoms with Gasteiger partial charge in [0.2, 0.25) is 0 Å². The van der Waals surface area contributed by atoms with E-state index < -0.39 is 11.8 Å². The molecule has 10 nitrogen and oxygen atoms in total. The average Bonchev–Trinajstić information content (AvgIpc) is 3.07. The molecule has 0 aliphatic rings. The van der Waals surface area contributed by atoms with Crippen LogP contribution in [0.15, 0.2) is 110 Å². The van der Waals surface area contributed by atoms with Crippen molar-refractivity contribution in [2.24, 2.45) is 11.5 Å². The van der Waals surface area contributed by atoms with E-state index in [9.17, 15) is 20.0 Å². The van der Waals surface area contributed by atoms with E-state index in [4.69, 9.17) is 0 Å². The van der Waals surface area contributed by atoms with Crippen molar-refractivity contribution in [3.63, 3.8) is 0 Å². The van der Waals surface area contributed by atoms with Gasteiger partial charge in [0.05, 0.1) is 13.1 Å². The number of hydrogen-bond acceptors (Lipinski definition) is 8. The van der Waals surface area contributed by atoms with Crippen LogP contribution in [0.25, 0.3) is 12.2 Å². The Morgan fingerprint density at radius 1 is 0.674 bits per heavy atom. The molecular formula is C32H39ClN6O4. The zero-order valence-electron chi connectivity index (χ0n) is 24.3.